The van der Waals surface area contributed by atoms with Crippen LogP contribution in [0.5, 0.6) is 11.5 Å². The van der Waals surface area contributed by atoms with Gasteiger partial charge in [0.05, 0.1) is 36.5 Å². The third kappa shape index (κ3) is 4.80. The van der Waals surface area contributed by atoms with Gasteiger partial charge < -0.3 is 30.6 Å². The average Bonchev–Trinajstić information content (AvgIpc) is 2.61. The Bertz CT molecular complexity index is 709. The number of benzene rings is 2. The number of ketones is 1. The molecular weight excluding hydrogens is 340 g/mol. The molecule has 0 aliphatic rings. The zero-order chi connectivity index (χ0) is 19.3. The van der Waals surface area contributed by atoms with E-state index in [1.807, 2.05) is 0 Å². The van der Waals surface area contributed by atoms with E-state index < -0.39 is 31.2 Å². The van der Waals surface area contributed by atoms with E-state index in [2.05, 4.69) is 0 Å². The molecule has 0 spiro atoms. The molecule has 2 aromatic rings. The second-order valence-corrected chi connectivity index (χ2v) is 6.11. The van der Waals surface area contributed by atoms with E-state index in [0.717, 1.165) is 0 Å². The van der Waals surface area contributed by atoms with Gasteiger partial charge in [0.2, 0.25) is 0 Å². The van der Waals surface area contributed by atoms with Crippen molar-refractivity contribution in [2.45, 2.75) is 25.0 Å². The lowest BCUT2D eigenvalue weighted by atomic mass is 9.97. The molecule has 0 radical (unpaired) electrons. The molecule has 7 nitrogen and oxygen atoms in total. The second kappa shape index (κ2) is 8.77. The van der Waals surface area contributed by atoms with E-state index in [0.29, 0.717) is 11.1 Å². The average molecular weight is 362 g/mol. The molecule has 0 fully saturated rings. The van der Waals surface area contributed by atoms with Gasteiger partial charge in [-0.15, -0.1) is 0 Å². The summed E-state index contributed by atoms with van der Waals surface area (Å²) < 4.78 is 0. The summed E-state index contributed by atoms with van der Waals surface area (Å²) in [6.07, 6.45) is -1.65. The molecule has 0 amide bonds. The van der Waals surface area contributed by atoms with Crippen LogP contribution >= 0.6 is 0 Å². The quantitative estimate of drug-likeness (QED) is 0.367. The largest absolute Gasteiger partial charge is 0.507 e. The summed E-state index contributed by atoms with van der Waals surface area (Å²) >= 11 is 0. The minimum Gasteiger partial charge on any atom is -0.507 e. The van der Waals surface area contributed by atoms with Crippen LogP contribution in [0.1, 0.15) is 27.0 Å². The molecule has 7 heteroatoms. The first kappa shape index (κ1) is 19.9. The predicted molar refractivity (Wildman–Crippen MR) is 93.2 cm³/mol. The monoisotopic (exact) mass is 362 g/mol. The molecule has 2 aromatic carbocycles. The maximum Gasteiger partial charge on any atom is 0.200 e. The highest BCUT2D eigenvalue weighted by Crippen LogP contribution is 2.27. The summed E-state index contributed by atoms with van der Waals surface area (Å²) in [7, 11) is 0. The van der Waals surface area contributed by atoms with Gasteiger partial charge >= 0.3 is 0 Å². The maximum atomic E-state index is 12.6. The van der Waals surface area contributed by atoms with E-state index in [1.165, 1.54) is 24.3 Å². The molecule has 2 unspecified atom stereocenters. The number of hydrogen-bond acceptors (Lipinski definition) is 7. The number of rotatable bonds is 8. The Balaban J connectivity index is 2.23. The van der Waals surface area contributed by atoms with Crippen LogP contribution in [0.2, 0.25) is 0 Å². The fraction of sp³-hybridized carbons (Fsp3) is 0.316. The van der Waals surface area contributed by atoms with Gasteiger partial charge in [-0.1, -0.05) is 12.1 Å². The second-order valence-electron chi connectivity index (χ2n) is 6.11. The first-order chi connectivity index (χ1) is 12.3. The van der Waals surface area contributed by atoms with E-state index in [1.54, 1.807) is 12.1 Å². The van der Waals surface area contributed by atoms with Crippen LogP contribution in [0.4, 0.5) is 0 Å². The fourth-order valence-corrected chi connectivity index (χ4v) is 2.61. The molecule has 0 aliphatic carbocycles. The molecule has 0 saturated heterocycles. The van der Waals surface area contributed by atoms with E-state index in [9.17, 15) is 25.2 Å². The summed E-state index contributed by atoms with van der Waals surface area (Å²) in [5.74, 6) is -1.17. The molecule has 26 heavy (non-hydrogen) atoms. The first-order valence-corrected chi connectivity index (χ1v) is 8.12. The molecule has 0 saturated carbocycles. The van der Waals surface area contributed by atoms with Crippen LogP contribution in [-0.4, -0.2) is 61.8 Å². The van der Waals surface area contributed by atoms with E-state index in [-0.39, 0.29) is 35.5 Å². The van der Waals surface area contributed by atoms with Crippen LogP contribution in [0.15, 0.2) is 36.4 Å². The lowest BCUT2D eigenvalue weighted by Crippen LogP contribution is -2.15. The highest BCUT2D eigenvalue weighted by Gasteiger charge is 2.18. The molecular formula is C19H22O7. The minimum atomic E-state index is -0.957. The van der Waals surface area contributed by atoms with Crippen LogP contribution in [-0.2, 0) is 12.8 Å². The van der Waals surface area contributed by atoms with Crippen molar-refractivity contribution in [2.24, 2.45) is 0 Å². The summed E-state index contributed by atoms with van der Waals surface area (Å²) in [5, 5.41) is 56.8. The third-order valence-corrected chi connectivity index (χ3v) is 3.98. The van der Waals surface area contributed by atoms with Crippen molar-refractivity contribution < 1.29 is 35.4 Å². The third-order valence-electron chi connectivity index (χ3n) is 3.98. The highest BCUT2D eigenvalue weighted by molar-refractivity contribution is 6.12. The Labute approximate surface area is 150 Å². The molecule has 2 atom stereocenters. The topological polar surface area (TPSA) is 138 Å². The summed E-state index contributed by atoms with van der Waals surface area (Å²) in [6, 6.07) is 8.54. The highest BCUT2D eigenvalue weighted by atomic mass is 16.3. The molecule has 2 rings (SSSR count). The van der Waals surface area contributed by atoms with Crippen molar-refractivity contribution in [2.75, 3.05) is 13.2 Å². The lowest BCUT2D eigenvalue weighted by molar-refractivity contribution is 0.0954. The summed E-state index contributed by atoms with van der Waals surface area (Å²) in [5.41, 5.74) is 1.09. The number of hydrogen-bond donors (Lipinski definition) is 6. The van der Waals surface area contributed by atoms with Crippen molar-refractivity contribution in [1.82, 2.24) is 0 Å². The number of carbonyl (C=O) groups is 1. The van der Waals surface area contributed by atoms with Crippen molar-refractivity contribution in [1.29, 1.82) is 0 Å². The van der Waals surface area contributed by atoms with Crippen molar-refractivity contribution in [3.8, 4) is 11.5 Å². The Morgan fingerprint density at radius 3 is 1.46 bits per heavy atom. The van der Waals surface area contributed by atoms with Gasteiger partial charge in [0.25, 0.3) is 0 Å². The van der Waals surface area contributed by atoms with Gasteiger partial charge in [-0.25, -0.2) is 0 Å². The van der Waals surface area contributed by atoms with Crippen molar-refractivity contribution in [3.63, 3.8) is 0 Å². The first-order valence-electron chi connectivity index (χ1n) is 8.12. The number of aromatic hydroxyl groups is 2. The summed E-state index contributed by atoms with van der Waals surface area (Å²) in [4.78, 5) is 12.6. The predicted octanol–water partition coefficient (Wildman–Crippen LogP) is 0.120. The molecule has 0 bridgehead atoms. The van der Waals surface area contributed by atoms with Crippen LogP contribution in [0.3, 0.4) is 0 Å². The SMILES string of the molecule is O=C(c1ccc(CC(O)CO)cc1O)c1ccc(CC(O)CO)cc1O. The lowest BCUT2D eigenvalue weighted by Gasteiger charge is -2.11. The van der Waals surface area contributed by atoms with Gasteiger partial charge in [-0.05, 0) is 35.4 Å². The maximum absolute atomic E-state index is 12.6. The molecule has 6 N–H and O–H groups in total. The van der Waals surface area contributed by atoms with Gasteiger partial charge in [0, 0.05) is 12.8 Å². The Hall–Kier alpha value is -2.45. The molecule has 140 valence electrons. The van der Waals surface area contributed by atoms with E-state index in [4.69, 9.17) is 10.2 Å². The standard InChI is InChI=1S/C19H22O7/c20-9-13(22)5-11-1-3-15(17(24)7-11)19(26)16-4-2-12(8-18(16)25)6-14(23)10-21/h1-4,7-8,13-14,20-25H,5-6,9-10H2. The number of carbonyl (C=O) groups excluding carboxylic acids is 1. The van der Waals surface area contributed by atoms with Crippen molar-refractivity contribution >= 4 is 5.78 Å². The van der Waals surface area contributed by atoms with Gasteiger partial charge in [0.1, 0.15) is 11.5 Å². The number of phenolic OH excluding ortho intramolecular Hbond substituents is 2. The minimum absolute atomic E-state index is 0.00863. The Morgan fingerprint density at radius 2 is 1.15 bits per heavy atom. The molecule has 0 aliphatic heterocycles. The molecule has 0 heterocycles. The van der Waals surface area contributed by atoms with Crippen LogP contribution in [0, 0.1) is 0 Å². The number of aliphatic hydroxyl groups is 4. The Kier molecular flexibility index (Phi) is 6.70. The zero-order valence-corrected chi connectivity index (χ0v) is 14.0. The fourth-order valence-electron chi connectivity index (χ4n) is 2.61. The number of phenols is 2. The smallest absolute Gasteiger partial charge is 0.200 e. The zero-order valence-electron chi connectivity index (χ0n) is 14.0. The normalized spacial score (nSPS) is 13.4. The van der Waals surface area contributed by atoms with Crippen molar-refractivity contribution in [3.05, 3.63) is 58.7 Å². The van der Waals surface area contributed by atoms with Gasteiger partial charge in [-0.2, -0.15) is 0 Å². The van der Waals surface area contributed by atoms with Crippen LogP contribution in [0.25, 0.3) is 0 Å². The van der Waals surface area contributed by atoms with Crippen LogP contribution < -0.4 is 0 Å². The van der Waals surface area contributed by atoms with Gasteiger partial charge in [0.15, 0.2) is 5.78 Å². The molecule has 0 aromatic heterocycles. The van der Waals surface area contributed by atoms with E-state index >= 15 is 0 Å². The summed E-state index contributed by atoms with van der Waals surface area (Å²) in [6.45, 7) is -0.820. The number of aliphatic hydroxyl groups excluding tert-OH is 4. The van der Waals surface area contributed by atoms with Gasteiger partial charge in [-0.3, -0.25) is 4.79 Å². The Morgan fingerprint density at radius 1 is 0.769 bits per heavy atom.